The number of aliphatic hydroxyl groups excluding tert-OH is 2. The number of rotatable bonds is 5. The highest BCUT2D eigenvalue weighted by Gasteiger charge is 2.51. The molecule has 5 N–H and O–H groups in total. The van der Waals surface area contributed by atoms with E-state index in [2.05, 4.69) is 30.6 Å². The van der Waals surface area contributed by atoms with Gasteiger partial charge in [-0.1, -0.05) is 12.1 Å². The number of amides is 3. The standard InChI is InChI=1S/C18H24N10O5/c1-8-2-26(18(32)23-16(8)31)3-9-4-28(25-24-9)12-10(5-29)33-17(13(12)30)27-7-22-11-14(19)20-6-21-15(11)27/h4,6-8,10-13,15,17,29-30H,2-3,5H2,1H3,(H2,19,20,21)(H,23,31,32)/t8?,10-,11?,12+,13?,15?,17-/m1/s1. The van der Waals surface area contributed by atoms with E-state index in [4.69, 9.17) is 10.5 Å². The van der Waals surface area contributed by atoms with Gasteiger partial charge in [-0.15, -0.1) is 5.10 Å². The molecule has 0 bridgehead atoms. The van der Waals surface area contributed by atoms with E-state index in [1.54, 1.807) is 18.0 Å². The maximum Gasteiger partial charge on any atom is 0.324 e. The number of nitrogens with zero attached hydrogens (tertiary/aromatic N) is 8. The lowest BCUT2D eigenvalue weighted by molar-refractivity contribution is -0.125. The molecule has 15 nitrogen and oxygen atoms in total. The predicted octanol–water partition coefficient (Wildman–Crippen LogP) is -2.98. The summed E-state index contributed by atoms with van der Waals surface area (Å²) in [5, 5.41) is 31.5. The highest BCUT2D eigenvalue weighted by Crippen LogP contribution is 2.35. The lowest BCUT2D eigenvalue weighted by Gasteiger charge is -2.32. The summed E-state index contributed by atoms with van der Waals surface area (Å²) in [6.07, 6.45) is 1.19. The molecule has 0 aliphatic carbocycles. The van der Waals surface area contributed by atoms with E-state index in [0.717, 1.165) is 0 Å². The molecule has 5 rings (SSSR count). The number of ether oxygens (including phenoxy) is 1. The van der Waals surface area contributed by atoms with E-state index in [-0.39, 0.29) is 31.5 Å². The average molecular weight is 460 g/mol. The minimum absolute atomic E-state index is 0.135. The van der Waals surface area contributed by atoms with Crippen molar-refractivity contribution in [2.45, 2.75) is 50.2 Å². The third-order valence-corrected chi connectivity index (χ3v) is 6.16. The second kappa shape index (κ2) is 8.17. The molecule has 2 fully saturated rings. The molecular formula is C18H24N10O5. The summed E-state index contributed by atoms with van der Waals surface area (Å²) < 4.78 is 7.36. The van der Waals surface area contributed by atoms with Crippen LogP contribution in [0, 0.1) is 5.92 Å². The van der Waals surface area contributed by atoms with Crippen molar-refractivity contribution in [2.24, 2.45) is 26.6 Å². The zero-order valence-corrected chi connectivity index (χ0v) is 17.7. The largest absolute Gasteiger partial charge is 0.394 e. The van der Waals surface area contributed by atoms with Gasteiger partial charge in [0, 0.05) is 6.54 Å². The van der Waals surface area contributed by atoms with E-state index in [9.17, 15) is 19.8 Å². The Hall–Kier alpha value is -3.43. The van der Waals surface area contributed by atoms with Gasteiger partial charge in [0.2, 0.25) is 5.91 Å². The van der Waals surface area contributed by atoms with Crippen LogP contribution in [0.2, 0.25) is 0 Å². The number of urea groups is 1. The van der Waals surface area contributed by atoms with E-state index >= 15 is 0 Å². The van der Waals surface area contributed by atoms with E-state index < -0.39 is 42.7 Å². The number of nitrogens with two attached hydrogens (primary N) is 1. The molecule has 4 unspecified atom stereocenters. The van der Waals surface area contributed by atoms with Crippen LogP contribution >= 0.6 is 0 Å². The summed E-state index contributed by atoms with van der Waals surface area (Å²) in [4.78, 5) is 39.4. The van der Waals surface area contributed by atoms with Gasteiger partial charge in [-0.2, -0.15) is 0 Å². The van der Waals surface area contributed by atoms with Crippen LogP contribution in [0.1, 0.15) is 18.7 Å². The highest BCUT2D eigenvalue weighted by molar-refractivity contribution is 5.97. The summed E-state index contributed by atoms with van der Waals surface area (Å²) in [5.41, 5.74) is 6.36. The molecule has 0 aromatic carbocycles. The van der Waals surface area contributed by atoms with Crippen LogP contribution in [0.3, 0.4) is 0 Å². The maximum atomic E-state index is 12.1. The highest BCUT2D eigenvalue weighted by atomic mass is 16.5. The molecule has 1 aromatic heterocycles. The van der Waals surface area contributed by atoms with Gasteiger partial charge in [-0.3, -0.25) is 15.1 Å². The Morgan fingerprint density at radius 2 is 2.15 bits per heavy atom. The van der Waals surface area contributed by atoms with Crippen molar-refractivity contribution in [3.05, 3.63) is 11.9 Å². The van der Waals surface area contributed by atoms with Crippen molar-refractivity contribution in [1.29, 1.82) is 0 Å². The van der Waals surface area contributed by atoms with Crippen molar-refractivity contribution >= 4 is 30.5 Å². The quantitative estimate of drug-likeness (QED) is 0.354. The minimum atomic E-state index is -1.10. The average Bonchev–Trinajstić information content (AvgIpc) is 3.49. The third-order valence-electron chi connectivity index (χ3n) is 6.16. The number of hydrogen-bond acceptors (Lipinski definition) is 12. The van der Waals surface area contributed by atoms with Gasteiger partial charge in [-0.25, -0.2) is 19.5 Å². The number of aromatic nitrogens is 3. The molecular weight excluding hydrogens is 436 g/mol. The Morgan fingerprint density at radius 1 is 1.33 bits per heavy atom. The van der Waals surface area contributed by atoms with Gasteiger partial charge in [0.1, 0.15) is 42.2 Å². The molecule has 4 aliphatic rings. The number of nitrogens with one attached hydrogen (secondary N) is 1. The molecule has 1 aromatic rings. The topological polar surface area (TPSA) is 196 Å². The number of fused-ring (bicyclic) bond motifs is 1. The summed E-state index contributed by atoms with van der Waals surface area (Å²) >= 11 is 0. The SMILES string of the molecule is CC1CN(Cc2cn([C@@H]3C(O)[C@H](N4C=NC5C(N)=NC=NC54)O[C@@H]3CO)nn2)C(=O)NC1=O. The van der Waals surface area contributed by atoms with Crippen LogP contribution in [-0.2, 0) is 16.1 Å². The molecule has 5 heterocycles. The number of aliphatic hydroxyl groups is 2. The molecule has 2 saturated heterocycles. The van der Waals surface area contributed by atoms with Gasteiger partial charge in [0.15, 0.2) is 12.4 Å². The fourth-order valence-electron chi connectivity index (χ4n) is 4.43. The fourth-order valence-corrected chi connectivity index (χ4v) is 4.43. The summed E-state index contributed by atoms with van der Waals surface area (Å²) in [6.45, 7) is 1.76. The molecule has 0 radical (unpaired) electrons. The summed E-state index contributed by atoms with van der Waals surface area (Å²) in [5.74, 6) is -0.337. The Bertz CT molecular complexity index is 1040. The Kier molecular flexibility index (Phi) is 5.30. The van der Waals surface area contributed by atoms with Crippen molar-refractivity contribution < 1.29 is 24.5 Å². The van der Waals surface area contributed by atoms with Crippen LogP contribution < -0.4 is 11.1 Å². The number of amidine groups is 1. The van der Waals surface area contributed by atoms with Gasteiger partial charge in [0.05, 0.1) is 31.6 Å². The molecule has 33 heavy (non-hydrogen) atoms. The number of carbonyl (C=O) groups is 2. The van der Waals surface area contributed by atoms with Crippen LogP contribution in [0.4, 0.5) is 4.79 Å². The zero-order chi connectivity index (χ0) is 23.3. The molecule has 176 valence electrons. The smallest absolute Gasteiger partial charge is 0.324 e. The van der Waals surface area contributed by atoms with Crippen LogP contribution in [-0.4, -0.2) is 109 Å². The number of hydrogen-bond donors (Lipinski definition) is 4. The fraction of sp³-hybridized carbons (Fsp3) is 0.611. The first-order valence-electron chi connectivity index (χ1n) is 10.5. The van der Waals surface area contributed by atoms with Crippen molar-refractivity contribution in [3.63, 3.8) is 0 Å². The number of aliphatic imine (C=N–C) groups is 3. The van der Waals surface area contributed by atoms with Crippen LogP contribution in [0.5, 0.6) is 0 Å². The van der Waals surface area contributed by atoms with Crippen molar-refractivity contribution in [3.8, 4) is 0 Å². The Labute approximate surface area is 187 Å². The third kappa shape index (κ3) is 3.63. The van der Waals surface area contributed by atoms with Gasteiger partial charge in [-0.05, 0) is 0 Å². The molecule has 0 spiro atoms. The molecule has 0 saturated carbocycles. The molecule has 7 atom stereocenters. The molecule has 15 heteroatoms. The second-order valence-corrected chi connectivity index (χ2v) is 8.38. The van der Waals surface area contributed by atoms with Gasteiger partial charge < -0.3 is 30.5 Å². The predicted molar refractivity (Wildman–Crippen MR) is 112 cm³/mol. The normalized spacial score (nSPS) is 35.7. The molecule has 3 amide bonds. The lowest BCUT2D eigenvalue weighted by Crippen LogP contribution is -2.53. The lowest BCUT2D eigenvalue weighted by atomic mass is 10.1. The van der Waals surface area contributed by atoms with E-state index in [1.807, 2.05) is 0 Å². The van der Waals surface area contributed by atoms with E-state index in [1.165, 1.54) is 22.3 Å². The Balaban J connectivity index is 1.31. The second-order valence-electron chi connectivity index (χ2n) is 8.38. The maximum absolute atomic E-state index is 12.1. The van der Waals surface area contributed by atoms with Gasteiger partial charge in [0.25, 0.3) is 0 Å². The summed E-state index contributed by atoms with van der Waals surface area (Å²) in [6, 6.07) is -1.72. The van der Waals surface area contributed by atoms with Crippen LogP contribution in [0.25, 0.3) is 0 Å². The van der Waals surface area contributed by atoms with Crippen molar-refractivity contribution in [1.82, 2.24) is 30.1 Å². The van der Waals surface area contributed by atoms with Gasteiger partial charge >= 0.3 is 6.03 Å². The first-order chi connectivity index (χ1) is 15.9. The van der Waals surface area contributed by atoms with E-state index in [0.29, 0.717) is 11.5 Å². The number of imide groups is 1. The first-order valence-corrected chi connectivity index (χ1v) is 10.5. The van der Waals surface area contributed by atoms with Crippen LogP contribution in [0.15, 0.2) is 21.2 Å². The number of carbonyl (C=O) groups excluding carboxylic acids is 2. The minimum Gasteiger partial charge on any atom is -0.394 e. The first kappa shape index (κ1) is 21.4. The van der Waals surface area contributed by atoms with Crippen molar-refractivity contribution in [2.75, 3.05) is 13.2 Å². The monoisotopic (exact) mass is 460 g/mol. The molecule has 4 aliphatic heterocycles. The Morgan fingerprint density at radius 3 is 2.94 bits per heavy atom. The summed E-state index contributed by atoms with van der Waals surface area (Å²) in [7, 11) is 0. The zero-order valence-electron chi connectivity index (χ0n) is 17.7.